The molecule has 0 saturated heterocycles. The summed E-state index contributed by atoms with van der Waals surface area (Å²) in [5, 5.41) is 10.9. The first-order valence-electron chi connectivity index (χ1n) is 10.5. The lowest BCUT2D eigenvalue weighted by atomic mass is 10.1. The zero-order valence-electron chi connectivity index (χ0n) is 17.8. The number of hydrogen-bond acceptors (Lipinski definition) is 6. The van der Waals surface area contributed by atoms with Crippen LogP contribution in [0.5, 0.6) is 17.2 Å². The zero-order valence-corrected chi connectivity index (χ0v) is 17.8. The molecule has 6 heteroatoms. The van der Waals surface area contributed by atoms with E-state index < -0.39 is 0 Å². The fourth-order valence-electron chi connectivity index (χ4n) is 3.33. The minimum absolute atomic E-state index is 0.0450. The van der Waals surface area contributed by atoms with Crippen LogP contribution in [0.25, 0.3) is 22.8 Å². The van der Waals surface area contributed by atoms with Gasteiger partial charge in [-0.25, -0.2) is 15.0 Å². The molecule has 2 aromatic carbocycles. The van der Waals surface area contributed by atoms with E-state index in [4.69, 9.17) is 9.47 Å². The Hall–Kier alpha value is -3.15. The Morgan fingerprint density at radius 2 is 1.60 bits per heavy atom. The normalized spacial score (nSPS) is 11.8. The summed E-state index contributed by atoms with van der Waals surface area (Å²) < 4.78 is 11.5. The van der Waals surface area contributed by atoms with Crippen molar-refractivity contribution in [2.45, 2.75) is 52.1 Å². The number of unbranched alkanes of at least 4 members (excludes halogenated alkanes) is 2. The van der Waals surface area contributed by atoms with E-state index >= 15 is 0 Å². The van der Waals surface area contributed by atoms with E-state index in [2.05, 4.69) is 28.8 Å². The van der Waals surface area contributed by atoms with Crippen LogP contribution >= 0.6 is 0 Å². The molecule has 0 aliphatic heterocycles. The molecule has 0 aliphatic carbocycles. The van der Waals surface area contributed by atoms with Crippen molar-refractivity contribution >= 4 is 0 Å². The summed E-state index contributed by atoms with van der Waals surface area (Å²) in [4.78, 5) is 13.1. The van der Waals surface area contributed by atoms with Gasteiger partial charge in [0.2, 0.25) is 0 Å². The second-order valence-electron chi connectivity index (χ2n) is 7.13. The first kappa shape index (κ1) is 21.6. The predicted molar refractivity (Wildman–Crippen MR) is 118 cm³/mol. The molecule has 0 amide bonds. The lowest BCUT2D eigenvalue weighted by molar-refractivity contribution is 0.176. The van der Waals surface area contributed by atoms with Crippen LogP contribution in [0.15, 0.2) is 48.8 Å². The van der Waals surface area contributed by atoms with Crippen molar-refractivity contribution in [1.29, 1.82) is 0 Å². The molecule has 1 unspecified atom stereocenters. The number of phenolic OH excluding ortho intramolecular Hbond substituents is 1. The van der Waals surface area contributed by atoms with E-state index in [0.717, 1.165) is 24.8 Å². The summed E-state index contributed by atoms with van der Waals surface area (Å²) in [5.41, 5.74) is 1.27. The number of ether oxygens (including phenoxy) is 2. The highest BCUT2D eigenvalue weighted by molar-refractivity contribution is 5.70. The van der Waals surface area contributed by atoms with E-state index in [-0.39, 0.29) is 11.9 Å². The Bertz CT molecular complexity index is 962. The van der Waals surface area contributed by atoms with Crippen molar-refractivity contribution < 1.29 is 14.6 Å². The van der Waals surface area contributed by atoms with Gasteiger partial charge >= 0.3 is 0 Å². The molecular weight excluding hydrogens is 378 g/mol. The number of phenols is 1. The number of methoxy groups -OCH3 is 1. The molecule has 0 aliphatic rings. The minimum Gasteiger partial charge on any atom is -0.504 e. The molecule has 158 valence electrons. The number of rotatable bonds is 10. The van der Waals surface area contributed by atoms with Crippen molar-refractivity contribution in [1.82, 2.24) is 15.0 Å². The summed E-state index contributed by atoms with van der Waals surface area (Å²) >= 11 is 0. The molecule has 3 rings (SSSR count). The average molecular weight is 408 g/mol. The second-order valence-corrected chi connectivity index (χ2v) is 7.13. The summed E-state index contributed by atoms with van der Waals surface area (Å²) in [6, 6.07) is 12.9. The van der Waals surface area contributed by atoms with Crippen LogP contribution < -0.4 is 9.47 Å². The van der Waals surface area contributed by atoms with Gasteiger partial charge in [-0.1, -0.05) is 44.9 Å². The molecule has 0 saturated carbocycles. The maximum absolute atomic E-state index is 10.9. The fourth-order valence-corrected chi connectivity index (χ4v) is 3.33. The molecule has 3 aromatic rings. The van der Waals surface area contributed by atoms with Crippen LogP contribution in [0, 0.1) is 0 Å². The molecule has 0 bridgehead atoms. The smallest absolute Gasteiger partial charge is 0.168 e. The monoisotopic (exact) mass is 407 g/mol. The first-order chi connectivity index (χ1) is 14.7. The summed E-state index contributed by atoms with van der Waals surface area (Å²) in [7, 11) is 1.61. The molecule has 6 nitrogen and oxygen atoms in total. The third-order valence-corrected chi connectivity index (χ3v) is 5.04. The minimum atomic E-state index is 0.0450. The van der Waals surface area contributed by atoms with Gasteiger partial charge < -0.3 is 14.6 Å². The second kappa shape index (κ2) is 10.6. The summed E-state index contributed by atoms with van der Waals surface area (Å²) in [5.74, 6) is 2.04. The number of para-hydroxylation sites is 2. The van der Waals surface area contributed by atoms with E-state index in [1.54, 1.807) is 19.2 Å². The summed E-state index contributed by atoms with van der Waals surface area (Å²) in [6.45, 7) is 4.29. The number of nitrogens with zero attached hydrogens (tertiary/aromatic N) is 3. The van der Waals surface area contributed by atoms with E-state index in [0.29, 0.717) is 28.7 Å². The summed E-state index contributed by atoms with van der Waals surface area (Å²) in [6.07, 6.45) is 6.84. The fraction of sp³-hybridized carbons (Fsp3) is 0.375. The molecular formula is C24H29N3O3. The first-order valence-corrected chi connectivity index (χ1v) is 10.5. The van der Waals surface area contributed by atoms with Gasteiger partial charge in [0.05, 0.1) is 24.3 Å². The Balaban J connectivity index is 1.89. The van der Waals surface area contributed by atoms with E-state index in [1.807, 2.05) is 30.3 Å². The third kappa shape index (κ3) is 5.06. The predicted octanol–water partition coefficient (Wildman–Crippen LogP) is 5.66. The zero-order chi connectivity index (χ0) is 21.3. The number of aromatic hydroxyl groups is 1. The van der Waals surface area contributed by atoms with Crippen molar-refractivity contribution in [2.24, 2.45) is 0 Å². The number of hydrogen-bond donors (Lipinski definition) is 1. The Kier molecular flexibility index (Phi) is 7.60. The molecule has 1 heterocycles. The molecule has 1 N–H and O–H groups in total. The van der Waals surface area contributed by atoms with Crippen LogP contribution in [-0.2, 0) is 0 Å². The largest absolute Gasteiger partial charge is 0.504 e. The quantitative estimate of drug-likeness (QED) is 0.437. The average Bonchev–Trinajstić information content (AvgIpc) is 2.79. The molecule has 0 spiro atoms. The van der Waals surface area contributed by atoms with Crippen LogP contribution in [0.1, 0.15) is 46.0 Å². The SMILES string of the molecule is CCCCCC(CC)Oc1cccc(-c2ncnc(-c3ccccc3OC)n2)c1O. The maximum atomic E-state index is 10.9. The lowest BCUT2D eigenvalue weighted by Crippen LogP contribution is -2.15. The van der Waals surface area contributed by atoms with Crippen molar-refractivity contribution in [3.8, 4) is 40.0 Å². The van der Waals surface area contributed by atoms with E-state index in [1.165, 1.54) is 19.2 Å². The van der Waals surface area contributed by atoms with Gasteiger partial charge in [0.1, 0.15) is 12.1 Å². The van der Waals surface area contributed by atoms with Gasteiger partial charge in [-0.2, -0.15) is 0 Å². The van der Waals surface area contributed by atoms with Gasteiger partial charge in [-0.05, 0) is 43.5 Å². The Labute approximate surface area is 178 Å². The third-order valence-electron chi connectivity index (χ3n) is 5.04. The van der Waals surface area contributed by atoms with Gasteiger partial charge in [0.25, 0.3) is 0 Å². The molecule has 30 heavy (non-hydrogen) atoms. The van der Waals surface area contributed by atoms with E-state index in [9.17, 15) is 5.11 Å². The Morgan fingerprint density at radius 3 is 2.33 bits per heavy atom. The molecule has 1 atom stereocenters. The molecule has 0 radical (unpaired) electrons. The van der Waals surface area contributed by atoms with Crippen molar-refractivity contribution in [3.05, 3.63) is 48.8 Å². The standard InChI is InChI=1S/C24H29N3O3/c1-4-6-7-11-17(5-2)30-21-15-10-13-19(22(21)28)24-26-16-25-23(27-24)18-12-8-9-14-20(18)29-3/h8-10,12-17,28H,4-7,11H2,1-3H3. The van der Waals surface area contributed by atoms with Gasteiger partial charge in [-0.3, -0.25) is 0 Å². The van der Waals surface area contributed by atoms with Gasteiger partial charge in [0, 0.05) is 0 Å². The highest BCUT2D eigenvalue weighted by Crippen LogP contribution is 2.37. The highest BCUT2D eigenvalue weighted by atomic mass is 16.5. The molecule has 0 fully saturated rings. The van der Waals surface area contributed by atoms with Gasteiger partial charge in [-0.15, -0.1) is 0 Å². The topological polar surface area (TPSA) is 77.4 Å². The number of benzene rings is 2. The van der Waals surface area contributed by atoms with Crippen molar-refractivity contribution in [2.75, 3.05) is 7.11 Å². The highest BCUT2D eigenvalue weighted by Gasteiger charge is 2.17. The van der Waals surface area contributed by atoms with Crippen LogP contribution in [0.2, 0.25) is 0 Å². The maximum Gasteiger partial charge on any atom is 0.168 e. The lowest BCUT2D eigenvalue weighted by Gasteiger charge is -2.19. The molecule has 1 aromatic heterocycles. The van der Waals surface area contributed by atoms with Gasteiger partial charge in [0.15, 0.2) is 23.1 Å². The van der Waals surface area contributed by atoms with Crippen LogP contribution in [-0.4, -0.2) is 33.3 Å². The van der Waals surface area contributed by atoms with Crippen molar-refractivity contribution in [3.63, 3.8) is 0 Å². The van der Waals surface area contributed by atoms with Crippen LogP contribution in [0.4, 0.5) is 0 Å². The Morgan fingerprint density at radius 1 is 0.900 bits per heavy atom. The number of aromatic nitrogens is 3. The van der Waals surface area contributed by atoms with Crippen LogP contribution in [0.3, 0.4) is 0 Å².